The van der Waals surface area contributed by atoms with E-state index in [1.807, 2.05) is 12.1 Å². The van der Waals surface area contributed by atoms with Gasteiger partial charge < -0.3 is 25.0 Å². The number of benzene rings is 5. The minimum absolute atomic E-state index is 0.0986. The normalized spacial score (nSPS) is 13.5. The third-order valence-corrected chi connectivity index (χ3v) is 10.8. The van der Waals surface area contributed by atoms with Crippen molar-refractivity contribution in [2.24, 2.45) is 5.41 Å². The number of rotatable bonds is 13. The van der Waals surface area contributed by atoms with Crippen molar-refractivity contribution in [1.82, 2.24) is 5.32 Å². The van der Waals surface area contributed by atoms with E-state index in [-0.39, 0.29) is 26.1 Å². The number of aliphatic carboxylic acids is 1. The first-order valence-corrected chi connectivity index (χ1v) is 18.4. The van der Waals surface area contributed by atoms with Crippen molar-refractivity contribution < 1.29 is 24.5 Å². The van der Waals surface area contributed by atoms with Gasteiger partial charge in [0.1, 0.15) is 24.7 Å². The topological polar surface area (TPSA) is 112 Å². The molecule has 6 rings (SSSR count). The fourth-order valence-corrected chi connectivity index (χ4v) is 7.31. The second-order valence-corrected chi connectivity index (χ2v) is 14.8. The van der Waals surface area contributed by atoms with Crippen LogP contribution in [0.1, 0.15) is 57.9 Å². The molecule has 0 radical (unpaired) electrons. The zero-order valence-corrected chi connectivity index (χ0v) is 31.6. The minimum Gasteiger partial charge on any atom is -0.488 e. The summed E-state index contributed by atoms with van der Waals surface area (Å²) in [5.74, 6) is -0.237. The zero-order valence-electron chi connectivity index (χ0n) is 30.1. The van der Waals surface area contributed by atoms with Gasteiger partial charge in [0.25, 0.3) is 0 Å². The lowest BCUT2D eigenvalue weighted by atomic mass is 9.85. The van der Waals surface area contributed by atoms with Gasteiger partial charge in [-0.1, -0.05) is 71.7 Å². The van der Waals surface area contributed by atoms with E-state index >= 15 is 0 Å². The van der Waals surface area contributed by atoms with Gasteiger partial charge in [0, 0.05) is 17.6 Å². The number of aryl methyl sites for hydroxylation is 1. The van der Waals surface area contributed by atoms with E-state index in [1.165, 1.54) is 34.7 Å². The van der Waals surface area contributed by atoms with Crippen molar-refractivity contribution in [3.8, 4) is 39.8 Å². The van der Waals surface area contributed by atoms with Crippen LogP contribution in [0.4, 0.5) is 0 Å². The number of ether oxygens (including phenoxy) is 2. The van der Waals surface area contributed by atoms with Crippen LogP contribution >= 0.6 is 23.2 Å². The molecule has 0 aromatic heterocycles. The Morgan fingerprint density at radius 2 is 1.60 bits per heavy atom. The molecule has 0 bridgehead atoms. The van der Waals surface area contributed by atoms with Crippen molar-refractivity contribution in [2.45, 2.75) is 59.8 Å². The maximum atomic E-state index is 11.9. The molecule has 5 aromatic carbocycles. The van der Waals surface area contributed by atoms with Gasteiger partial charge in [0.15, 0.2) is 0 Å². The molecule has 1 heterocycles. The highest BCUT2D eigenvalue weighted by Crippen LogP contribution is 2.38. The lowest BCUT2D eigenvalue weighted by Crippen LogP contribution is -2.32. The molecule has 3 N–H and O–H groups in total. The number of carboxylic acids is 1. The van der Waals surface area contributed by atoms with Gasteiger partial charge in [-0.25, -0.2) is 0 Å². The van der Waals surface area contributed by atoms with E-state index < -0.39 is 18.0 Å². The summed E-state index contributed by atoms with van der Waals surface area (Å²) >= 11 is 13.0. The van der Waals surface area contributed by atoms with Gasteiger partial charge in [0.2, 0.25) is 0 Å². The van der Waals surface area contributed by atoms with E-state index in [4.69, 9.17) is 32.7 Å². The Morgan fingerprint density at radius 3 is 2.36 bits per heavy atom. The molecule has 1 atom stereocenters. The number of fused-ring (bicyclic) bond motifs is 1. The Morgan fingerprint density at radius 1 is 0.868 bits per heavy atom. The molecule has 53 heavy (non-hydrogen) atoms. The Labute approximate surface area is 320 Å². The molecule has 0 saturated heterocycles. The highest BCUT2D eigenvalue weighted by Gasteiger charge is 2.32. The second kappa shape index (κ2) is 16.4. The Balaban J connectivity index is 1.26. The van der Waals surface area contributed by atoms with Gasteiger partial charge in [-0.15, -0.1) is 0 Å². The highest BCUT2D eigenvalue weighted by molar-refractivity contribution is 6.32. The maximum absolute atomic E-state index is 11.9. The van der Waals surface area contributed by atoms with E-state index in [0.29, 0.717) is 38.2 Å². The van der Waals surface area contributed by atoms with E-state index in [2.05, 4.69) is 67.7 Å². The molecule has 0 amide bonds. The monoisotopic (exact) mass is 748 g/mol. The Kier molecular flexibility index (Phi) is 11.8. The van der Waals surface area contributed by atoms with E-state index in [9.17, 15) is 20.3 Å². The maximum Gasteiger partial charge on any atom is 0.311 e. The summed E-state index contributed by atoms with van der Waals surface area (Å²) < 4.78 is 12.6. The van der Waals surface area contributed by atoms with Crippen molar-refractivity contribution >= 4 is 29.2 Å². The average Bonchev–Trinajstić information content (AvgIpc) is 3.16. The third kappa shape index (κ3) is 8.53. The molecule has 0 fully saturated rings. The summed E-state index contributed by atoms with van der Waals surface area (Å²) in [7, 11) is 0. The molecule has 0 spiro atoms. The summed E-state index contributed by atoms with van der Waals surface area (Å²) in [6.07, 6.45) is 1.48. The van der Waals surface area contributed by atoms with Crippen molar-refractivity contribution in [3.63, 3.8) is 0 Å². The molecule has 5 aromatic rings. The molecule has 7 nitrogen and oxygen atoms in total. The summed E-state index contributed by atoms with van der Waals surface area (Å²) in [4.78, 5) is 11.9. The predicted molar refractivity (Wildman–Crippen MR) is 210 cm³/mol. The van der Waals surface area contributed by atoms with Crippen molar-refractivity contribution in [1.29, 1.82) is 5.26 Å². The average molecular weight is 750 g/mol. The third-order valence-electron chi connectivity index (χ3n) is 10.3. The van der Waals surface area contributed by atoms with Gasteiger partial charge in [-0.3, -0.25) is 4.79 Å². The molecule has 0 saturated carbocycles. The number of aliphatic hydroxyl groups excluding tert-OH is 1. The number of nitrogens with zero attached hydrogens (tertiary/aromatic N) is 1. The number of aliphatic hydroxyl groups is 1. The number of halogens is 2. The lowest BCUT2D eigenvalue weighted by molar-refractivity contribution is -0.150. The molecule has 1 aliphatic heterocycles. The molecule has 0 aliphatic carbocycles. The van der Waals surface area contributed by atoms with Crippen molar-refractivity contribution in [3.05, 3.63) is 139 Å². The number of carbonyl (C=O) groups is 1. The number of nitrogens with one attached hydrogen (secondary N) is 1. The molecule has 1 aliphatic rings. The number of carboxylic acid groups (broad SMARTS) is 1. The first-order chi connectivity index (χ1) is 25.5. The molecule has 0 unspecified atom stereocenters. The molecular formula is C44H42Cl2N2O5. The van der Waals surface area contributed by atoms with Crippen LogP contribution in [-0.4, -0.2) is 29.3 Å². The van der Waals surface area contributed by atoms with Gasteiger partial charge in [-0.05, 0) is 138 Å². The summed E-state index contributed by atoms with van der Waals surface area (Å²) in [5, 5.41) is 33.2. The predicted octanol–water partition coefficient (Wildman–Crippen LogP) is 9.64. The van der Waals surface area contributed by atoms with Crippen molar-refractivity contribution in [2.75, 3.05) is 13.2 Å². The quantitative estimate of drug-likeness (QED) is 0.110. The van der Waals surface area contributed by atoms with Crippen LogP contribution in [0.5, 0.6) is 11.5 Å². The second-order valence-electron chi connectivity index (χ2n) is 13.9. The van der Waals surface area contributed by atoms with Crippen LogP contribution in [0.25, 0.3) is 22.3 Å². The fourth-order valence-electron chi connectivity index (χ4n) is 6.82. The van der Waals surface area contributed by atoms with Crippen LogP contribution in [0.2, 0.25) is 10.0 Å². The van der Waals surface area contributed by atoms with Crippen LogP contribution in [0, 0.1) is 30.6 Å². The van der Waals surface area contributed by atoms with Gasteiger partial charge in [0.05, 0.1) is 28.7 Å². The van der Waals surface area contributed by atoms with Crippen LogP contribution in [0.3, 0.4) is 0 Å². The van der Waals surface area contributed by atoms with E-state index in [1.54, 1.807) is 30.3 Å². The SMILES string of the molecule is Cc1c(COc2cc(OCc3cc(Cl)cc(C#N)c3)c(CC[C@@](C)(CO)C(=O)O)cc2Cl)cccc1-c1cccc(-c2ccc3c(c2)CNCC3)c1C. The van der Waals surface area contributed by atoms with Crippen LogP contribution in [0.15, 0.2) is 84.9 Å². The summed E-state index contributed by atoms with van der Waals surface area (Å²) in [6.45, 7) is 7.52. The van der Waals surface area contributed by atoms with Gasteiger partial charge in [-0.2, -0.15) is 5.26 Å². The number of nitriles is 1. The van der Waals surface area contributed by atoms with Crippen LogP contribution in [-0.2, 0) is 37.4 Å². The van der Waals surface area contributed by atoms with Crippen LogP contribution < -0.4 is 14.8 Å². The molecular weight excluding hydrogens is 707 g/mol. The standard InChI is InChI=1S/C44H42Cl2N2O5/c1-27-34(6-4-8-38(27)39-9-5-7-37(28(39)2)32-11-10-31-13-15-48-23-35(31)19-32)25-53-42-21-41(52-24-30-16-29(22-47)17-36(45)18-30)33(20-40(42)46)12-14-44(3,26-49)43(50)51/h4-11,16-21,48-49H,12-15,23-26H2,1-3H3,(H,50,51)/t44-/m0/s1. The van der Waals surface area contributed by atoms with E-state index in [0.717, 1.165) is 41.8 Å². The Hall–Kier alpha value is -4.84. The molecule has 272 valence electrons. The lowest BCUT2D eigenvalue weighted by Gasteiger charge is -2.23. The fraction of sp³-hybridized carbons (Fsp3) is 0.273. The smallest absolute Gasteiger partial charge is 0.311 e. The number of hydrogen-bond acceptors (Lipinski definition) is 6. The molecule has 9 heteroatoms. The highest BCUT2D eigenvalue weighted by atomic mass is 35.5. The van der Waals surface area contributed by atoms with Gasteiger partial charge >= 0.3 is 5.97 Å². The number of hydrogen-bond donors (Lipinski definition) is 3. The Bertz CT molecular complexity index is 2210. The summed E-state index contributed by atoms with van der Waals surface area (Å²) in [6, 6.07) is 30.0. The largest absolute Gasteiger partial charge is 0.488 e. The first-order valence-electron chi connectivity index (χ1n) is 17.6. The first kappa shape index (κ1) is 37.9. The zero-order chi connectivity index (χ0) is 37.7. The summed E-state index contributed by atoms with van der Waals surface area (Å²) in [5.41, 5.74) is 11.2. The minimum atomic E-state index is -1.34.